The van der Waals surface area contributed by atoms with Gasteiger partial charge < -0.3 is 5.73 Å². The summed E-state index contributed by atoms with van der Waals surface area (Å²) in [6.07, 6.45) is 0. The first kappa shape index (κ1) is 11.3. The second-order valence-corrected chi connectivity index (χ2v) is 4.12. The second kappa shape index (κ2) is 5.19. The van der Waals surface area contributed by atoms with Crippen molar-refractivity contribution in [1.82, 2.24) is 0 Å². The van der Waals surface area contributed by atoms with Crippen LogP contribution in [0.1, 0.15) is 16.7 Å². The van der Waals surface area contributed by atoms with E-state index < -0.39 is 0 Å². The summed E-state index contributed by atoms with van der Waals surface area (Å²) in [5, 5.41) is 3.56. The first-order valence-electron chi connectivity index (χ1n) is 4.18. The Morgan fingerprint density at radius 1 is 1.57 bits per heavy atom. The third kappa shape index (κ3) is 2.60. The van der Waals surface area contributed by atoms with Crippen molar-refractivity contribution >= 4 is 22.6 Å². The van der Waals surface area contributed by atoms with E-state index in [-0.39, 0.29) is 0 Å². The van der Waals surface area contributed by atoms with Crippen LogP contribution in [0.5, 0.6) is 0 Å². The highest BCUT2D eigenvalue weighted by Crippen LogP contribution is 2.19. The van der Waals surface area contributed by atoms with E-state index in [0.717, 1.165) is 20.3 Å². The van der Waals surface area contributed by atoms with Gasteiger partial charge in [0.25, 0.3) is 0 Å². The molecule has 2 N–H and O–H groups in total. The lowest BCUT2D eigenvalue weighted by molar-refractivity contribution is 0.994. The summed E-state index contributed by atoms with van der Waals surface area (Å²) >= 11 is 2.26. The molecule has 0 aromatic heterocycles. The van der Waals surface area contributed by atoms with Crippen LogP contribution in [-0.4, -0.2) is 0 Å². The average Bonchev–Trinajstić information content (AvgIpc) is 2.20. The van der Waals surface area contributed by atoms with E-state index >= 15 is 0 Å². The number of rotatable bonds is 3. The van der Waals surface area contributed by atoms with Gasteiger partial charge in [-0.15, -0.1) is 0 Å². The van der Waals surface area contributed by atoms with E-state index in [1.807, 2.05) is 13.0 Å². The van der Waals surface area contributed by atoms with Crippen molar-refractivity contribution in [3.8, 4) is 0 Å². The van der Waals surface area contributed by atoms with Crippen LogP contribution in [0.2, 0.25) is 0 Å². The molecule has 0 radical (unpaired) electrons. The Morgan fingerprint density at radius 3 is 2.86 bits per heavy atom. The fourth-order valence-corrected chi connectivity index (χ4v) is 1.93. The Hall–Kier alpha value is -0.780. The molecular weight excluding hydrogens is 291 g/mol. The molecule has 0 aliphatic rings. The van der Waals surface area contributed by atoms with Crippen LogP contribution in [0.3, 0.4) is 0 Å². The highest BCUT2D eigenvalue weighted by molar-refractivity contribution is 14.1. The molecule has 1 aromatic carbocycles. The van der Waals surface area contributed by atoms with Crippen molar-refractivity contribution in [3.05, 3.63) is 42.8 Å². The van der Waals surface area contributed by atoms with E-state index in [1.165, 1.54) is 0 Å². The molecule has 0 unspecified atom stereocenters. The van der Waals surface area contributed by atoms with Crippen LogP contribution >= 0.6 is 22.6 Å². The molecule has 1 rings (SSSR count). The standard InChI is InChI=1S/C9H11IN4/c1-6-8(5-13-14-12)2-7(4-11)3-9(6)10/h2-3H,4-5,11H2,1H3. The maximum atomic E-state index is 8.25. The van der Waals surface area contributed by atoms with E-state index in [2.05, 4.69) is 38.7 Å². The van der Waals surface area contributed by atoms with E-state index in [4.69, 9.17) is 11.3 Å². The monoisotopic (exact) mass is 302 g/mol. The highest BCUT2D eigenvalue weighted by atomic mass is 127. The van der Waals surface area contributed by atoms with Crippen molar-refractivity contribution in [2.24, 2.45) is 10.8 Å². The minimum atomic E-state index is 0.395. The highest BCUT2D eigenvalue weighted by Gasteiger charge is 2.03. The first-order chi connectivity index (χ1) is 6.69. The Balaban J connectivity index is 3.12. The van der Waals surface area contributed by atoms with Gasteiger partial charge in [-0.05, 0) is 57.8 Å². The van der Waals surface area contributed by atoms with Crippen LogP contribution < -0.4 is 5.73 Å². The maximum Gasteiger partial charge on any atom is 0.0513 e. The van der Waals surface area contributed by atoms with E-state index in [9.17, 15) is 0 Å². The molecule has 0 spiro atoms. The van der Waals surface area contributed by atoms with Gasteiger partial charge in [0.15, 0.2) is 0 Å². The fourth-order valence-electron chi connectivity index (χ4n) is 1.19. The molecule has 14 heavy (non-hydrogen) atoms. The van der Waals surface area contributed by atoms with Gasteiger partial charge in [-0.2, -0.15) is 0 Å². The molecule has 0 aliphatic heterocycles. The molecule has 0 bridgehead atoms. The molecule has 4 nitrogen and oxygen atoms in total. The minimum absolute atomic E-state index is 0.395. The Bertz CT molecular complexity index is 383. The SMILES string of the molecule is Cc1c(I)cc(CN)cc1CN=[N+]=[N-]. The van der Waals surface area contributed by atoms with Gasteiger partial charge in [0.2, 0.25) is 0 Å². The molecule has 0 heterocycles. The smallest absolute Gasteiger partial charge is 0.0513 e. The van der Waals surface area contributed by atoms with Crippen LogP contribution in [0, 0.1) is 10.5 Å². The van der Waals surface area contributed by atoms with Gasteiger partial charge in [0.05, 0.1) is 6.54 Å². The Kier molecular flexibility index (Phi) is 4.19. The van der Waals surface area contributed by atoms with E-state index in [0.29, 0.717) is 13.1 Å². The largest absolute Gasteiger partial charge is 0.326 e. The summed E-state index contributed by atoms with van der Waals surface area (Å²) in [7, 11) is 0. The van der Waals surface area contributed by atoms with Gasteiger partial charge >= 0.3 is 0 Å². The molecule has 0 atom stereocenters. The maximum absolute atomic E-state index is 8.25. The van der Waals surface area contributed by atoms with Crippen molar-refractivity contribution in [1.29, 1.82) is 0 Å². The summed E-state index contributed by atoms with van der Waals surface area (Å²) in [6, 6.07) is 4.04. The Labute approximate surface area is 96.3 Å². The number of nitrogens with two attached hydrogens (primary N) is 1. The molecule has 0 amide bonds. The van der Waals surface area contributed by atoms with Gasteiger partial charge in [0, 0.05) is 15.0 Å². The lowest BCUT2D eigenvalue weighted by Crippen LogP contribution is -2.00. The minimum Gasteiger partial charge on any atom is -0.326 e. The molecule has 74 valence electrons. The van der Waals surface area contributed by atoms with Crippen molar-refractivity contribution in [2.75, 3.05) is 0 Å². The number of nitrogens with zero attached hydrogens (tertiary/aromatic N) is 3. The average molecular weight is 302 g/mol. The van der Waals surface area contributed by atoms with Crippen LogP contribution in [0.4, 0.5) is 0 Å². The molecular formula is C9H11IN4. The summed E-state index contributed by atoms with van der Waals surface area (Å²) in [4.78, 5) is 2.75. The number of hydrogen-bond acceptors (Lipinski definition) is 2. The Morgan fingerprint density at radius 2 is 2.29 bits per heavy atom. The van der Waals surface area contributed by atoms with Crippen LogP contribution in [-0.2, 0) is 13.1 Å². The van der Waals surface area contributed by atoms with Gasteiger partial charge in [-0.25, -0.2) is 0 Å². The lowest BCUT2D eigenvalue weighted by Gasteiger charge is -2.07. The third-order valence-corrected chi connectivity index (χ3v) is 3.17. The predicted octanol–water partition coefficient (Wildman–Crippen LogP) is 2.87. The van der Waals surface area contributed by atoms with Gasteiger partial charge in [-0.3, -0.25) is 0 Å². The zero-order valence-electron chi connectivity index (χ0n) is 7.87. The summed E-state index contributed by atoms with van der Waals surface area (Å²) < 4.78 is 1.16. The molecule has 5 heteroatoms. The van der Waals surface area contributed by atoms with Crippen LogP contribution in [0.15, 0.2) is 17.2 Å². The van der Waals surface area contributed by atoms with Crippen LogP contribution in [0.25, 0.3) is 10.4 Å². The van der Waals surface area contributed by atoms with E-state index in [1.54, 1.807) is 0 Å². The number of azide groups is 1. The zero-order valence-corrected chi connectivity index (χ0v) is 10.0. The number of benzene rings is 1. The van der Waals surface area contributed by atoms with Crippen molar-refractivity contribution in [2.45, 2.75) is 20.0 Å². The van der Waals surface area contributed by atoms with Gasteiger partial charge in [0.1, 0.15) is 0 Å². The third-order valence-electron chi connectivity index (χ3n) is 2.05. The fraction of sp³-hybridized carbons (Fsp3) is 0.333. The molecule has 1 aromatic rings. The molecule has 0 aliphatic carbocycles. The lowest BCUT2D eigenvalue weighted by atomic mass is 10.1. The first-order valence-corrected chi connectivity index (χ1v) is 5.25. The second-order valence-electron chi connectivity index (χ2n) is 2.95. The topological polar surface area (TPSA) is 74.8 Å². The van der Waals surface area contributed by atoms with Crippen molar-refractivity contribution in [3.63, 3.8) is 0 Å². The zero-order chi connectivity index (χ0) is 10.6. The van der Waals surface area contributed by atoms with Gasteiger partial charge in [-0.1, -0.05) is 11.2 Å². The summed E-state index contributed by atoms with van der Waals surface area (Å²) in [5.41, 5.74) is 17.1. The molecule has 0 saturated heterocycles. The summed E-state index contributed by atoms with van der Waals surface area (Å²) in [5.74, 6) is 0. The molecule has 0 saturated carbocycles. The quantitative estimate of drug-likeness (QED) is 0.396. The number of hydrogen-bond donors (Lipinski definition) is 1. The predicted molar refractivity (Wildman–Crippen MR) is 64.6 cm³/mol. The normalized spacial score (nSPS) is 9.64. The summed E-state index contributed by atoms with van der Waals surface area (Å²) in [6.45, 7) is 2.93. The number of halogens is 1. The molecule has 0 fully saturated rings. The van der Waals surface area contributed by atoms with Crippen molar-refractivity contribution < 1.29 is 0 Å².